The Labute approximate surface area is 269 Å². The van der Waals surface area contributed by atoms with Gasteiger partial charge in [-0.2, -0.15) is 0 Å². The number of benzene rings is 3. The summed E-state index contributed by atoms with van der Waals surface area (Å²) >= 11 is 0. The lowest BCUT2D eigenvalue weighted by molar-refractivity contribution is -0.136. The van der Waals surface area contributed by atoms with Gasteiger partial charge in [-0.15, -0.1) is 0 Å². The molecule has 3 aromatic carbocycles. The number of amides is 2. The van der Waals surface area contributed by atoms with Gasteiger partial charge in [0, 0.05) is 55.1 Å². The number of ether oxygens (including phenoxy) is 1. The van der Waals surface area contributed by atoms with E-state index in [1.165, 1.54) is 33.1 Å². The third kappa shape index (κ3) is 4.35. The fourth-order valence-electron chi connectivity index (χ4n) is 8.05. The van der Waals surface area contributed by atoms with E-state index in [-0.39, 0.29) is 30.6 Å². The Bertz CT molecular complexity index is 1750. The average Bonchev–Trinajstić information content (AvgIpc) is 3.56. The van der Waals surface area contributed by atoms with Crippen LogP contribution in [0, 0.1) is 5.92 Å². The van der Waals surface area contributed by atoms with Gasteiger partial charge in [0.05, 0.1) is 19.7 Å². The molecule has 0 saturated carbocycles. The van der Waals surface area contributed by atoms with Crippen molar-refractivity contribution in [2.45, 2.75) is 51.2 Å². The van der Waals surface area contributed by atoms with E-state index in [9.17, 15) is 18.8 Å². The first-order valence-corrected chi connectivity index (χ1v) is 19.3. The highest BCUT2D eigenvalue weighted by Crippen LogP contribution is 2.50. The molecule has 5 aliphatic heterocycles. The molecule has 5 heterocycles. The molecule has 0 bridgehead atoms. The Kier molecular flexibility index (Phi) is 6.67. The Morgan fingerprint density at radius 2 is 1.48 bits per heavy atom. The summed E-state index contributed by atoms with van der Waals surface area (Å²) in [4.78, 5) is 43.2. The van der Waals surface area contributed by atoms with Crippen molar-refractivity contribution in [2.75, 3.05) is 42.5 Å². The molecule has 1 unspecified atom stereocenters. The van der Waals surface area contributed by atoms with Gasteiger partial charge < -0.3 is 14.5 Å². The van der Waals surface area contributed by atoms with Crippen LogP contribution in [0.2, 0.25) is 13.1 Å². The maximum Gasteiger partial charge on any atom is 0.253 e. The number of hydrogen-bond acceptors (Lipinski definition) is 6. The highest BCUT2D eigenvalue weighted by Gasteiger charge is 2.53. The van der Waals surface area contributed by atoms with Gasteiger partial charge in [0.25, 0.3) is 11.8 Å². The monoisotopic (exact) mass is 635 g/mol. The number of alkyl halides is 1. The number of carbonyl (C=O) groups is 3. The minimum absolute atomic E-state index is 0.0287. The zero-order valence-electron chi connectivity index (χ0n) is 26.5. The predicted octanol–water partition coefficient (Wildman–Crippen LogP) is 4.15. The Balaban J connectivity index is 1.20. The van der Waals surface area contributed by atoms with Gasteiger partial charge in [-0.3, -0.25) is 19.3 Å². The number of anilines is 2. The van der Waals surface area contributed by atoms with Crippen molar-refractivity contribution in [3.63, 3.8) is 0 Å². The average molecular weight is 636 g/mol. The number of carbonyl (C=O) groups excluding carboxylic acids is 3. The summed E-state index contributed by atoms with van der Waals surface area (Å²) in [7, 11) is -2.25. The van der Waals surface area contributed by atoms with Crippen LogP contribution < -0.4 is 20.2 Å². The topological polar surface area (TPSA) is 70.2 Å². The van der Waals surface area contributed by atoms with Gasteiger partial charge in [-0.25, -0.2) is 4.39 Å². The van der Waals surface area contributed by atoms with Crippen LogP contribution in [-0.2, 0) is 26.5 Å². The number of nitrogens with zero attached hydrogens (tertiary/aromatic N) is 3. The van der Waals surface area contributed by atoms with Crippen molar-refractivity contribution in [2.24, 2.45) is 5.92 Å². The molecule has 236 valence electrons. The maximum atomic E-state index is 13.9. The molecule has 2 amide bonds. The highest BCUT2D eigenvalue weighted by molar-refractivity contribution is 7.01. The summed E-state index contributed by atoms with van der Waals surface area (Å²) in [5, 5.41) is 2.62. The summed E-state index contributed by atoms with van der Waals surface area (Å²) in [5.74, 6) is -0.00718. The Morgan fingerprint density at radius 1 is 0.870 bits per heavy atom. The maximum absolute atomic E-state index is 13.9. The van der Waals surface area contributed by atoms with Crippen LogP contribution in [0.4, 0.5) is 15.8 Å². The fraction of sp³-hybridized carbons (Fsp3) is 0.378. The number of ketones is 1. The first-order valence-electron chi connectivity index (χ1n) is 16.3. The van der Waals surface area contributed by atoms with Crippen LogP contribution in [0.25, 0.3) is 0 Å². The van der Waals surface area contributed by atoms with E-state index in [2.05, 4.69) is 66.2 Å². The lowest BCUT2D eigenvalue weighted by atomic mass is 9.78. The van der Waals surface area contributed by atoms with Crippen LogP contribution >= 0.6 is 0 Å². The molecule has 0 aliphatic carbocycles. The van der Waals surface area contributed by atoms with Crippen molar-refractivity contribution in [3.05, 3.63) is 94.6 Å². The van der Waals surface area contributed by atoms with Crippen molar-refractivity contribution in [1.29, 1.82) is 0 Å². The van der Waals surface area contributed by atoms with Crippen LogP contribution in [0.15, 0.2) is 66.7 Å². The predicted molar refractivity (Wildman–Crippen MR) is 179 cm³/mol. The molecular weight excluding hydrogens is 598 g/mol. The highest BCUT2D eigenvalue weighted by atomic mass is 28.3. The van der Waals surface area contributed by atoms with Crippen molar-refractivity contribution in [3.8, 4) is 0 Å². The molecule has 3 aromatic rings. The minimum atomic E-state index is -2.25. The summed E-state index contributed by atoms with van der Waals surface area (Å²) in [6.07, 6.45) is 2.38. The summed E-state index contributed by atoms with van der Waals surface area (Å²) in [6.45, 7) is 10.7. The molecule has 7 nitrogen and oxygen atoms in total. The summed E-state index contributed by atoms with van der Waals surface area (Å²) in [5.41, 5.74) is 6.33. The van der Waals surface area contributed by atoms with E-state index < -0.39 is 19.8 Å². The lowest BCUT2D eigenvalue weighted by Gasteiger charge is -2.46. The zero-order chi connectivity index (χ0) is 32.0. The molecule has 1 spiro atoms. The smallest absolute Gasteiger partial charge is 0.253 e. The number of imide groups is 1. The van der Waals surface area contributed by atoms with Gasteiger partial charge >= 0.3 is 0 Å². The standard InChI is InChI=1S/C37H38FN3O4Si/c1-23-18-39(19-23)27-8-10-29-33(16-27)46(2,3)34-17-28(40-20-26(38)21-40)9-11-30(34)37(29)31-15-24(6-7-25(31)22-45-37)32(42)5-4-14-41-35(43)12-13-36(41)44/h6-13,15-17,23,26H,4-5,14,18-22H2,1-3H3. The second kappa shape index (κ2) is 10.5. The molecule has 0 radical (unpaired) electrons. The van der Waals surface area contributed by atoms with E-state index in [1.807, 2.05) is 18.2 Å². The second-order valence-electron chi connectivity index (χ2n) is 14.1. The van der Waals surface area contributed by atoms with Gasteiger partial charge in [-0.1, -0.05) is 44.3 Å². The van der Waals surface area contributed by atoms with Crippen LogP contribution in [0.1, 0.15) is 52.4 Å². The van der Waals surface area contributed by atoms with E-state index in [1.54, 1.807) is 0 Å². The second-order valence-corrected chi connectivity index (χ2v) is 18.5. The van der Waals surface area contributed by atoms with Gasteiger partial charge in [0.15, 0.2) is 5.78 Å². The molecule has 9 heteroatoms. The van der Waals surface area contributed by atoms with Crippen molar-refractivity contribution < 1.29 is 23.5 Å². The number of rotatable bonds is 7. The number of hydrogen-bond donors (Lipinski definition) is 0. The normalized spacial score (nSPS) is 23.0. The molecule has 0 N–H and O–H groups in total. The largest absolute Gasteiger partial charge is 0.371 e. The quantitative estimate of drug-likeness (QED) is 0.221. The van der Waals surface area contributed by atoms with Gasteiger partial charge in [-0.05, 0) is 75.3 Å². The molecule has 0 aromatic heterocycles. The third-order valence-electron chi connectivity index (χ3n) is 10.7. The molecule has 2 saturated heterocycles. The minimum Gasteiger partial charge on any atom is -0.371 e. The van der Waals surface area contributed by atoms with E-state index in [4.69, 9.17) is 4.74 Å². The van der Waals surface area contributed by atoms with Gasteiger partial charge in [0.2, 0.25) is 0 Å². The van der Waals surface area contributed by atoms with Crippen LogP contribution in [0.3, 0.4) is 0 Å². The van der Waals surface area contributed by atoms with Crippen molar-refractivity contribution in [1.82, 2.24) is 4.90 Å². The molecule has 8 rings (SSSR count). The van der Waals surface area contributed by atoms with Gasteiger partial charge in [0.1, 0.15) is 19.8 Å². The first kappa shape index (κ1) is 29.3. The van der Waals surface area contributed by atoms with E-state index in [0.29, 0.717) is 37.6 Å². The molecular formula is C37H38FN3O4Si. The molecule has 5 aliphatic rings. The van der Waals surface area contributed by atoms with E-state index in [0.717, 1.165) is 41.0 Å². The number of halogens is 1. The van der Waals surface area contributed by atoms with E-state index >= 15 is 0 Å². The zero-order valence-corrected chi connectivity index (χ0v) is 27.5. The number of fused-ring (bicyclic) bond motifs is 6. The Hall–Kier alpha value is -4.08. The molecule has 1 atom stereocenters. The van der Waals surface area contributed by atoms with Crippen LogP contribution in [0.5, 0.6) is 0 Å². The first-order chi connectivity index (χ1) is 22.1. The fourth-order valence-corrected chi connectivity index (χ4v) is 11.2. The summed E-state index contributed by atoms with van der Waals surface area (Å²) < 4.78 is 20.9. The summed E-state index contributed by atoms with van der Waals surface area (Å²) in [6, 6.07) is 19.3. The lowest BCUT2D eigenvalue weighted by Crippen LogP contribution is -2.63. The molecule has 2 fully saturated rings. The van der Waals surface area contributed by atoms with Crippen molar-refractivity contribution >= 4 is 47.4 Å². The number of Topliss-reactive ketones (excluding diaryl/α,β-unsaturated/α-hetero) is 1. The third-order valence-corrected chi connectivity index (χ3v) is 14.2. The SMILES string of the molecule is CC1CN(c2ccc3c(c2)[Si](C)(C)c2cc(N4CC(F)C4)ccc2C32OCc3ccc(C(=O)CCCN4C(=O)C=CC4=O)cc32)C1. The van der Waals surface area contributed by atoms with Crippen LogP contribution in [-0.4, -0.2) is 69.5 Å². The Morgan fingerprint density at radius 3 is 2.07 bits per heavy atom. The molecule has 46 heavy (non-hydrogen) atoms.